The van der Waals surface area contributed by atoms with Gasteiger partial charge < -0.3 is 10.2 Å². The summed E-state index contributed by atoms with van der Waals surface area (Å²) < 4.78 is 0. The first-order chi connectivity index (χ1) is 8.61. The molecule has 1 aromatic carbocycles. The first-order valence-corrected chi connectivity index (χ1v) is 6.79. The van der Waals surface area contributed by atoms with Gasteiger partial charge in [-0.3, -0.25) is 4.79 Å². The first kappa shape index (κ1) is 13.2. The average molecular weight is 267 g/mol. The third-order valence-corrected chi connectivity index (χ3v) is 3.80. The van der Waals surface area contributed by atoms with Gasteiger partial charge in [0.05, 0.1) is 0 Å². The van der Waals surface area contributed by atoms with E-state index in [0.29, 0.717) is 0 Å². The van der Waals surface area contributed by atoms with Crippen molar-refractivity contribution in [2.75, 3.05) is 18.9 Å². The maximum Gasteiger partial charge on any atom is 0.244 e. The van der Waals surface area contributed by atoms with Gasteiger partial charge in [-0.25, -0.2) is 0 Å². The summed E-state index contributed by atoms with van der Waals surface area (Å²) in [5.41, 5.74) is 2.09. The smallest absolute Gasteiger partial charge is 0.244 e. The highest BCUT2D eigenvalue weighted by molar-refractivity contribution is 6.31. The fourth-order valence-electron chi connectivity index (χ4n) is 2.30. The number of carbonyl (C=O) groups excluding carboxylic acids is 1. The van der Waals surface area contributed by atoms with Crippen LogP contribution in [0.5, 0.6) is 0 Å². The van der Waals surface area contributed by atoms with Crippen LogP contribution < -0.4 is 5.32 Å². The topological polar surface area (TPSA) is 32.3 Å². The predicted octanol–water partition coefficient (Wildman–Crippen LogP) is 2.94. The molecule has 18 heavy (non-hydrogen) atoms. The summed E-state index contributed by atoms with van der Waals surface area (Å²) in [6, 6.07) is 5.75. The SMILES string of the molecule is CCc1cc(NC2CCCN(C)C2=O)ccc1Cl. The molecule has 98 valence electrons. The van der Waals surface area contributed by atoms with Crippen molar-refractivity contribution in [3.63, 3.8) is 0 Å². The molecule has 3 nitrogen and oxygen atoms in total. The van der Waals surface area contributed by atoms with Gasteiger partial charge in [-0.05, 0) is 43.0 Å². The molecule has 1 atom stereocenters. The van der Waals surface area contributed by atoms with Gasteiger partial charge in [-0.2, -0.15) is 0 Å². The summed E-state index contributed by atoms with van der Waals surface area (Å²) in [4.78, 5) is 13.8. The van der Waals surface area contributed by atoms with Crippen molar-refractivity contribution in [1.29, 1.82) is 0 Å². The number of halogens is 1. The Balaban J connectivity index is 2.11. The van der Waals surface area contributed by atoms with Gasteiger partial charge in [0, 0.05) is 24.3 Å². The number of nitrogens with zero attached hydrogens (tertiary/aromatic N) is 1. The van der Waals surface area contributed by atoms with Crippen LogP contribution in [0.2, 0.25) is 5.02 Å². The first-order valence-electron chi connectivity index (χ1n) is 6.41. The number of anilines is 1. The van der Waals surface area contributed by atoms with E-state index in [-0.39, 0.29) is 11.9 Å². The number of hydrogen-bond donors (Lipinski definition) is 1. The zero-order valence-corrected chi connectivity index (χ0v) is 11.6. The molecule has 0 radical (unpaired) electrons. The van der Waals surface area contributed by atoms with Gasteiger partial charge in [-0.1, -0.05) is 18.5 Å². The number of nitrogens with one attached hydrogen (secondary N) is 1. The summed E-state index contributed by atoms with van der Waals surface area (Å²) in [6.07, 6.45) is 2.84. The fraction of sp³-hybridized carbons (Fsp3) is 0.500. The number of likely N-dealkylation sites (tertiary alicyclic amines) is 1. The highest BCUT2D eigenvalue weighted by atomic mass is 35.5. The minimum Gasteiger partial charge on any atom is -0.374 e. The summed E-state index contributed by atoms with van der Waals surface area (Å²) in [5, 5.41) is 4.10. The van der Waals surface area contributed by atoms with Crippen molar-refractivity contribution in [3.05, 3.63) is 28.8 Å². The lowest BCUT2D eigenvalue weighted by atomic mass is 10.0. The third-order valence-electron chi connectivity index (χ3n) is 3.43. The molecule has 1 amide bonds. The molecule has 1 aromatic rings. The minimum atomic E-state index is -0.102. The van der Waals surface area contributed by atoms with Crippen LogP contribution in [0.3, 0.4) is 0 Å². The van der Waals surface area contributed by atoms with Gasteiger partial charge >= 0.3 is 0 Å². The highest BCUT2D eigenvalue weighted by Crippen LogP contribution is 2.23. The van der Waals surface area contributed by atoms with Gasteiger partial charge in [-0.15, -0.1) is 0 Å². The Kier molecular flexibility index (Phi) is 4.12. The maximum atomic E-state index is 12.0. The molecule has 0 aromatic heterocycles. The lowest BCUT2D eigenvalue weighted by Gasteiger charge is -2.30. The number of likely N-dealkylation sites (N-methyl/N-ethyl adjacent to an activating group) is 1. The predicted molar refractivity (Wildman–Crippen MR) is 75.1 cm³/mol. The van der Waals surface area contributed by atoms with Crippen molar-refractivity contribution in [2.45, 2.75) is 32.2 Å². The van der Waals surface area contributed by atoms with Crippen molar-refractivity contribution in [2.24, 2.45) is 0 Å². The zero-order valence-electron chi connectivity index (χ0n) is 10.9. The Labute approximate surface area is 113 Å². The van der Waals surface area contributed by atoms with E-state index in [1.54, 1.807) is 4.90 Å². The molecule has 1 aliphatic rings. The summed E-state index contributed by atoms with van der Waals surface area (Å²) in [6.45, 7) is 2.93. The number of carbonyl (C=O) groups is 1. The van der Waals surface area contributed by atoms with Crippen LogP contribution in [-0.2, 0) is 11.2 Å². The second-order valence-corrected chi connectivity index (χ2v) is 5.17. The van der Waals surface area contributed by atoms with Crippen LogP contribution in [0.25, 0.3) is 0 Å². The Morgan fingerprint density at radius 3 is 3.00 bits per heavy atom. The monoisotopic (exact) mass is 266 g/mol. The number of hydrogen-bond acceptors (Lipinski definition) is 2. The molecule has 2 rings (SSSR count). The number of benzene rings is 1. The van der Waals surface area contributed by atoms with Crippen molar-refractivity contribution < 1.29 is 4.79 Å². The maximum absolute atomic E-state index is 12.0. The molecular weight excluding hydrogens is 248 g/mol. The highest BCUT2D eigenvalue weighted by Gasteiger charge is 2.25. The molecule has 1 saturated heterocycles. The van der Waals surface area contributed by atoms with E-state index in [1.807, 2.05) is 25.2 Å². The van der Waals surface area contributed by atoms with Gasteiger partial charge in [0.1, 0.15) is 6.04 Å². The second kappa shape index (κ2) is 5.61. The Bertz CT molecular complexity index is 447. The second-order valence-electron chi connectivity index (χ2n) is 4.76. The Morgan fingerprint density at radius 1 is 1.50 bits per heavy atom. The quantitative estimate of drug-likeness (QED) is 0.912. The number of amides is 1. The normalized spacial score (nSPS) is 20.1. The molecule has 0 saturated carbocycles. The minimum absolute atomic E-state index is 0.102. The van der Waals surface area contributed by atoms with E-state index >= 15 is 0 Å². The molecule has 1 aliphatic heterocycles. The molecule has 0 bridgehead atoms. The largest absolute Gasteiger partial charge is 0.374 e. The lowest BCUT2D eigenvalue weighted by molar-refractivity contribution is -0.132. The number of rotatable bonds is 3. The molecule has 0 aliphatic carbocycles. The summed E-state index contributed by atoms with van der Waals surface area (Å²) >= 11 is 6.09. The Morgan fingerprint density at radius 2 is 2.28 bits per heavy atom. The van der Waals surface area contributed by atoms with Gasteiger partial charge in [0.25, 0.3) is 0 Å². The molecule has 0 spiro atoms. The van der Waals surface area contributed by atoms with E-state index in [1.165, 1.54) is 0 Å². The number of piperidine rings is 1. The Hall–Kier alpha value is -1.22. The van der Waals surface area contributed by atoms with Crippen LogP contribution in [0, 0.1) is 0 Å². The van der Waals surface area contributed by atoms with E-state index in [2.05, 4.69) is 12.2 Å². The van der Waals surface area contributed by atoms with Crippen LogP contribution in [0.15, 0.2) is 18.2 Å². The molecule has 1 fully saturated rings. The van der Waals surface area contributed by atoms with E-state index in [0.717, 1.165) is 42.1 Å². The summed E-state index contributed by atoms with van der Waals surface area (Å²) in [5.74, 6) is 0.175. The standard InChI is InChI=1S/C14H19ClN2O/c1-3-10-9-11(6-7-12(10)15)16-13-5-4-8-17(2)14(13)18/h6-7,9,13,16H,3-5,8H2,1-2H3. The van der Waals surface area contributed by atoms with Gasteiger partial charge in [0.2, 0.25) is 5.91 Å². The zero-order chi connectivity index (χ0) is 13.1. The van der Waals surface area contributed by atoms with Crippen molar-refractivity contribution in [3.8, 4) is 0 Å². The average Bonchev–Trinajstić information content (AvgIpc) is 2.37. The van der Waals surface area contributed by atoms with Crippen molar-refractivity contribution >= 4 is 23.2 Å². The third kappa shape index (κ3) is 2.78. The van der Waals surface area contributed by atoms with Crippen LogP contribution >= 0.6 is 11.6 Å². The number of aryl methyl sites for hydroxylation is 1. The van der Waals surface area contributed by atoms with Crippen molar-refractivity contribution in [1.82, 2.24) is 4.90 Å². The molecular formula is C14H19ClN2O. The fourth-order valence-corrected chi connectivity index (χ4v) is 2.55. The molecule has 4 heteroatoms. The molecule has 1 N–H and O–H groups in total. The van der Waals surface area contributed by atoms with Crippen LogP contribution in [0.4, 0.5) is 5.69 Å². The van der Waals surface area contributed by atoms with Gasteiger partial charge in [0.15, 0.2) is 0 Å². The van der Waals surface area contributed by atoms with E-state index in [4.69, 9.17) is 11.6 Å². The molecule has 1 unspecified atom stereocenters. The molecule has 1 heterocycles. The van der Waals surface area contributed by atoms with E-state index in [9.17, 15) is 4.79 Å². The summed E-state index contributed by atoms with van der Waals surface area (Å²) in [7, 11) is 1.86. The lowest BCUT2D eigenvalue weighted by Crippen LogP contribution is -2.45. The van der Waals surface area contributed by atoms with Crippen LogP contribution in [-0.4, -0.2) is 30.4 Å². The van der Waals surface area contributed by atoms with Crippen LogP contribution in [0.1, 0.15) is 25.3 Å². The van der Waals surface area contributed by atoms with E-state index < -0.39 is 0 Å².